The molecular weight excluding hydrogens is 260 g/mol. The Morgan fingerprint density at radius 1 is 1.14 bits per heavy atom. The second-order valence-corrected chi connectivity index (χ2v) is 6.63. The van der Waals surface area contributed by atoms with Crippen molar-refractivity contribution in [3.8, 4) is 0 Å². The first-order chi connectivity index (χ1) is 10.3. The SMILES string of the molecule is CN(Cc1ccc(CCNC2CC2)cc1)CC1CCCO1. The molecule has 21 heavy (non-hydrogen) atoms. The molecule has 0 amide bonds. The molecule has 2 fully saturated rings. The lowest BCUT2D eigenvalue weighted by Crippen LogP contribution is -2.28. The maximum atomic E-state index is 5.70. The van der Waals surface area contributed by atoms with Gasteiger partial charge in [0.15, 0.2) is 0 Å². The van der Waals surface area contributed by atoms with Gasteiger partial charge in [0.25, 0.3) is 0 Å². The summed E-state index contributed by atoms with van der Waals surface area (Å²) in [6, 6.07) is 9.93. The Morgan fingerprint density at radius 3 is 2.57 bits per heavy atom. The van der Waals surface area contributed by atoms with Crippen LogP contribution in [0.15, 0.2) is 24.3 Å². The smallest absolute Gasteiger partial charge is 0.0702 e. The van der Waals surface area contributed by atoms with E-state index in [9.17, 15) is 0 Å². The second-order valence-electron chi connectivity index (χ2n) is 6.63. The van der Waals surface area contributed by atoms with Crippen LogP contribution >= 0.6 is 0 Å². The van der Waals surface area contributed by atoms with Gasteiger partial charge in [-0.05, 0) is 56.8 Å². The van der Waals surface area contributed by atoms with Crippen LogP contribution < -0.4 is 5.32 Å². The van der Waals surface area contributed by atoms with E-state index in [1.54, 1.807) is 0 Å². The lowest BCUT2D eigenvalue weighted by atomic mass is 10.1. The summed E-state index contributed by atoms with van der Waals surface area (Å²) in [7, 11) is 2.19. The number of likely N-dealkylation sites (N-methyl/N-ethyl adjacent to an activating group) is 1. The largest absolute Gasteiger partial charge is 0.377 e. The van der Waals surface area contributed by atoms with Crippen LogP contribution in [0.5, 0.6) is 0 Å². The van der Waals surface area contributed by atoms with Crippen molar-refractivity contribution in [1.82, 2.24) is 10.2 Å². The van der Waals surface area contributed by atoms with E-state index in [1.165, 1.54) is 36.8 Å². The van der Waals surface area contributed by atoms with Crippen molar-refractivity contribution >= 4 is 0 Å². The molecule has 1 heterocycles. The normalized spacial score (nSPS) is 22.1. The first-order valence-electron chi connectivity index (χ1n) is 8.41. The molecular formula is C18H28N2O. The number of rotatable bonds is 8. The average molecular weight is 288 g/mol. The third-order valence-corrected chi connectivity index (χ3v) is 4.44. The molecule has 0 radical (unpaired) electrons. The van der Waals surface area contributed by atoms with Crippen LogP contribution in [0.3, 0.4) is 0 Å². The predicted octanol–water partition coefficient (Wildman–Crippen LogP) is 2.59. The number of nitrogens with one attached hydrogen (secondary N) is 1. The monoisotopic (exact) mass is 288 g/mol. The van der Waals surface area contributed by atoms with Gasteiger partial charge in [0.1, 0.15) is 0 Å². The summed E-state index contributed by atoms with van der Waals surface area (Å²) >= 11 is 0. The third kappa shape index (κ3) is 5.10. The van der Waals surface area contributed by atoms with Crippen molar-refractivity contribution in [3.05, 3.63) is 35.4 Å². The minimum Gasteiger partial charge on any atom is -0.377 e. The lowest BCUT2D eigenvalue weighted by Gasteiger charge is -2.20. The van der Waals surface area contributed by atoms with Gasteiger partial charge in [-0.15, -0.1) is 0 Å². The van der Waals surface area contributed by atoms with Crippen molar-refractivity contribution in [3.63, 3.8) is 0 Å². The molecule has 0 bridgehead atoms. The maximum absolute atomic E-state index is 5.70. The topological polar surface area (TPSA) is 24.5 Å². The highest BCUT2D eigenvalue weighted by molar-refractivity contribution is 5.22. The van der Waals surface area contributed by atoms with Crippen molar-refractivity contribution in [2.24, 2.45) is 0 Å². The minimum atomic E-state index is 0.447. The van der Waals surface area contributed by atoms with E-state index < -0.39 is 0 Å². The van der Waals surface area contributed by atoms with Crippen LogP contribution in [0.25, 0.3) is 0 Å². The van der Waals surface area contributed by atoms with E-state index in [1.807, 2.05) is 0 Å². The summed E-state index contributed by atoms with van der Waals surface area (Å²) < 4.78 is 5.70. The molecule has 0 aromatic heterocycles. The van der Waals surface area contributed by atoms with Crippen LogP contribution in [0.4, 0.5) is 0 Å². The van der Waals surface area contributed by atoms with Gasteiger partial charge in [-0.2, -0.15) is 0 Å². The van der Waals surface area contributed by atoms with Crippen molar-refractivity contribution in [1.29, 1.82) is 0 Å². The van der Waals surface area contributed by atoms with Crippen LogP contribution in [-0.4, -0.2) is 43.8 Å². The van der Waals surface area contributed by atoms with Gasteiger partial charge in [-0.25, -0.2) is 0 Å². The first kappa shape index (κ1) is 15.0. The molecule has 2 aliphatic rings. The Hall–Kier alpha value is -0.900. The molecule has 1 atom stereocenters. The van der Waals surface area contributed by atoms with Gasteiger partial charge in [0.2, 0.25) is 0 Å². The fourth-order valence-electron chi connectivity index (χ4n) is 3.03. The Kier molecular flexibility index (Phi) is 5.28. The zero-order chi connectivity index (χ0) is 14.5. The molecule has 3 nitrogen and oxygen atoms in total. The van der Waals surface area contributed by atoms with Gasteiger partial charge < -0.3 is 10.1 Å². The summed E-state index contributed by atoms with van der Waals surface area (Å²) in [5, 5.41) is 3.57. The Bertz CT molecular complexity index is 421. The summed E-state index contributed by atoms with van der Waals surface area (Å²) in [5.74, 6) is 0. The molecule has 3 heteroatoms. The fraction of sp³-hybridized carbons (Fsp3) is 0.667. The second kappa shape index (κ2) is 7.39. The van der Waals surface area contributed by atoms with E-state index in [-0.39, 0.29) is 0 Å². The van der Waals surface area contributed by atoms with Gasteiger partial charge in [-0.3, -0.25) is 4.90 Å². The summed E-state index contributed by atoms with van der Waals surface area (Å²) in [6.45, 7) is 4.12. The average Bonchev–Trinajstić information content (AvgIpc) is 3.16. The number of hydrogen-bond donors (Lipinski definition) is 1. The van der Waals surface area contributed by atoms with E-state index in [2.05, 4.69) is 41.5 Å². The molecule has 1 aromatic carbocycles. The van der Waals surface area contributed by atoms with Gasteiger partial charge >= 0.3 is 0 Å². The molecule has 116 valence electrons. The summed E-state index contributed by atoms with van der Waals surface area (Å²) in [5.41, 5.74) is 2.84. The Labute approximate surface area is 128 Å². The lowest BCUT2D eigenvalue weighted by molar-refractivity contribution is 0.0793. The van der Waals surface area contributed by atoms with Gasteiger partial charge in [0.05, 0.1) is 6.10 Å². The fourth-order valence-corrected chi connectivity index (χ4v) is 3.03. The third-order valence-electron chi connectivity index (χ3n) is 4.44. The molecule has 1 aliphatic carbocycles. The highest BCUT2D eigenvalue weighted by Crippen LogP contribution is 2.18. The zero-order valence-corrected chi connectivity index (χ0v) is 13.2. The highest BCUT2D eigenvalue weighted by atomic mass is 16.5. The van der Waals surface area contributed by atoms with Crippen molar-refractivity contribution in [2.45, 2.75) is 50.8 Å². The number of benzene rings is 1. The molecule has 1 unspecified atom stereocenters. The van der Waals surface area contributed by atoms with E-state index in [0.717, 1.165) is 38.7 Å². The van der Waals surface area contributed by atoms with Crippen LogP contribution in [0.2, 0.25) is 0 Å². The predicted molar refractivity (Wildman–Crippen MR) is 86.5 cm³/mol. The van der Waals surface area contributed by atoms with Gasteiger partial charge in [-0.1, -0.05) is 24.3 Å². The molecule has 1 saturated carbocycles. The van der Waals surface area contributed by atoms with Crippen LogP contribution in [0, 0.1) is 0 Å². The standard InChI is InChI=1S/C18H28N2O/c1-20(14-18-3-2-12-21-18)13-16-6-4-15(5-7-16)10-11-19-17-8-9-17/h4-7,17-19H,2-3,8-14H2,1H3. The molecule has 1 saturated heterocycles. The Balaban J connectivity index is 1.40. The minimum absolute atomic E-state index is 0.447. The van der Waals surface area contributed by atoms with E-state index >= 15 is 0 Å². The molecule has 1 aliphatic heterocycles. The maximum Gasteiger partial charge on any atom is 0.0702 e. The zero-order valence-electron chi connectivity index (χ0n) is 13.2. The summed E-state index contributed by atoms with van der Waals surface area (Å²) in [6.07, 6.45) is 6.77. The number of nitrogens with zero attached hydrogens (tertiary/aromatic N) is 1. The quantitative estimate of drug-likeness (QED) is 0.796. The number of hydrogen-bond acceptors (Lipinski definition) is 3. The van der Waals surface area contributed by atoms with Crippen LogP contribution in [0.1, 0.15) is 36.8 Å². The van der Waals surface area contributed by atoms with Crippen LogP contribution in [-0.2, 0) is 17.7 Å². The summed E-state index contributed by atoms with van der Waals surface area (Å²) in [4.78, 5) is 2.37. The van der Waals surface area contributed by atoms with E-state index in [4.69, 9.17) is 4.74 Å². The molecule has 0 spiro atoms. The number of ether oxygens (including phenoxy) is 1. The Morgan fingerprint density at radius 2 is 1.90 bits per heavy atom. The van der Waals surface area contributed by atoms with Crippen molar-refractivity contribution in [2.75, 3.05) is 26.7 Å². The first-order valence-corrected chi connectivity index (χ1v) is 8.41. The highest BCUT2D eigenvalue weighted by Gasteiger charge is 2.19. The molecule has 1 N–H and O–H groups in total. The van der Waals surface area contributed by atoms with Gasteiger partial charge in [0, 0.05) is 25.7 Å². The van der Waals surface area contributed by atoms with E-state index in [0.29, 0.717) is 6.10 Å². The van der Waals surface area contributed by atoms with Crippen molar-refractivity contribution < 1.29 is 4.74 Å². The molecule has 1 aromatic rings. The molecule has 3 rings (SSSR count).